The molecule has 1 aromatic heterocycles. The average molecular weight is 369 g/mol. The van der Waals surface area contributed by atoms with Gasteiger partial charge in [0.2, 0.25) is 0 Å². The highest BCUT2D eigenvalue weighted by atomic mass is 32.2. The van der Waals surface area contributed by atoms with Crippen LogP contribution in [0.3, 0.4) is 0 Å². The molecule has 0 aliphatic carbocycles. The number of aryl methyl sites for hydroxylation is 1. The monoisotopic (exact) mass is 369 g/mol. The third kappa shape index (κ3) is 3.41. The molecule has 3 aromatic rings. The van der Waals surface area contributed by atoms with Crippen molar-refractivity contribution in [3.05, 3.63) is 65.9 Å². The number of hydrogen-bond acceptors (Lipinski definition) is 4. The molecule has 2 aromatic carbocycles. The van der Waals surface area contributed by atoms with Crippen molar-refractivity contribution in [2.45, 2.75) is 29.9 Å². The number of nitrogens with zero attached hydrogens (tertiary/aromatic N) is 1. The molecule has 0 radical (unpaired) electrons. The maximum atomic E-state index is 12.8. The first-order chi connectivity index (χ1) is 12.5. The molecule has 1 atom stereocenters. The van der Waals surface area contributed by atoms with Crippen molar-refractivity contribution in [1.82, 2.24) is 4.90 Å². The van der Waals surface area contributed by atoms with E-state index in [4.69, 9.17) is 4.42 Å². The van der Waals surface area contributed by atoms with Crippen molar-refractivity contribution in [3.63, 3.8) is 0 Å². The van der Waals surface area contributed by atoms with Gasteiger partial charge in [-0.2, -0.15) is 0 Å². The number of rotatable bonds is 5. The van der Waals surface area contributed by atoms with Crippen LogP contribution < -0.4 is 0 Å². The summed E-state index contributed by atoms with van der Waals surface area (Å²) >= 11 is 0. The number of hydrogen-bond donors (Lipinski definition) is 0. The van der Waals surface area contributed by atoms with E-state index in [1.807, 2.05) is 31.2 Å². The van der Waals surface area contributed by atoms with Crippen molar-refractivity contribution in [1.29, 1.82) is 0 Å². The maximum Gasteiger partial charge on any atom is 0.182 e. The summed E-state index contributed by atoms with van der Waals surface area (Å²) in [5, 5.41) is 0.810. The van der Waals surface area contributed by atoms with Crippen LogP contribution in [0.15, 0.2) is 64.1 Å². The first-order valence-electron chi connectivity index (χ1n) is 9.01. The SMILES string of the molecule is Cc1ccc(S(=O)(=O)C2CCN(CCc3ccc4occc4c3)C2)cc1. The Bertz CT molecular complexity index is 1010. The predicted molar refractivity (Wildman–Crippen MR) is 103 cm³/mol. The standard InChI is InChI=1S/C21H23NO3S/c1-16-2-5-19(6-3-16)26(23,24)20-9-12-22(15-20)11-8-17-4-7-21-18(14-17)10-13-25-21/h2-7,10,13-14,20H,8-9,11-12,15H2,1H3. The summed E-state index contributed by atoms with van der Waals surface area (Å²) in [5.74, 6) is 0. The van der Waals surface area contributed by atoms with Crippen LogP contribution in [0.25, 0.3) is 11.0 Å². The van der Waals surface area contributed by atoms with Gasteiger partial charge in [0, 0.05) is 18.5 Å². The Balaban J connectivity index is 1.39. The molecule has 0 amide bonds. The van der Waals surface area contributed by atoms with Gasteiger partial charge >= 0.3 is 0 Å². The highest BCUT2D eigenvalue weighted by Crippen LogP contribution is 2.25. The third-order valence-corrected chi connectivity index (χ3v) is 7.44. The molecule has 0 bridgehead atoms. The van der Waals surface area contributed by atoms with Gasteiger partial charge in [0.05, 0.1) is 16.4 Å². The molecule has 5 heteroatoms. The quantitative estimate of drug-likeness (QED) is 0.686. The van der Waals surface area contributed by atoms with Gasteiger partial charge in [-0.3, -0.25) is 0 Å². The summed E-state index contributed by atoms with van der Waals surface area (Å²) in [6.07, 6.45) is 3.32. The van der Waals surface area contributed by atoms with E-state index in [0.29, 0.717) is 17.9 Å². The Morgan fingerprint density at radius 2 is 1.92 bits per heavy atom. The fraction of sp³-hybridized carbons (Fsp3) is 0.333. The highest BCUT2D eigenvalue weighted by Gasteiger charge is 2.33. The molecule has 136 valence electrons. The van der Waals surface area contributed by atoms with Gasteiger partial charge in [-0.25, -0.2) is 8.42 Å². The molecule has 1 aliphatic rings. The third-order valence-electron chi connectivity index (χ3n) is 5.25. The molecule has 1 saturated heterocycles. The van der Waals surface area contributed by atoms with Crippen LogP contribution in [0.1, 0.15) is 17.5 Å². The van der Waals surface area contributed by atoms with Gasteiger partial charge in [0.15, 0.2) is 9.84 Å². The van der Waals surface area contributed by atoms with Gasteiger partial charge in [0.25, 0.3) is 0 Å². The molecular formula is C21H23NO3S. The molecule has 0 N–H and O–H groups in total. The largest absolute Gasteiger partial charge is 0.464 e. The number of fused-ring (bicyclic) bond motifs is 1. The summed E-state index contributed by atoms with van der Waals surface area (Å²) in [6.45, 7) is 4.30. The zero-order chi connectivity index (χ0) is 18.1. The van der Waals surface area contributed by atoms with Crippen molar-refractivity contribution in [2.24, 2.45) is 0 Å². The molecule has 1 fully saturated rings. The molecule has 1 aliphatic heterocycles. The maximum absolute atomic E-state index is 12.8. The van der Waals surface area contributed by atoms with Gasteiger partial charge < -0.3 is 9.32 Å². The van der Waals surface area contributed by atoms with Crippen LogP contribution in [-0.4, -0.2) is 38.2 Å². The molecular weight excluding hydrogens is 346 g/mol. The van der Waals surface area contributed by atoms with Crippen LogP contribution in [0.4, 0.5) is 0 Å². The normalized spacial score (nSPS) is 18.6. The second-order valence-corrected chi connectivity index (χ2v) is 9.34. The number of sulfone groups is 1. The van der Waals surface area contributed by atoms with E-state index in [0.717, 1.165) is 36.0 Å². The lowest BCUT2D eigenvalue weighted by molar-refractivity contribution is 0.343. The lowest BCUT2D eigenvalue weighted by Gasteiger charge is -2.16. The van der Waals surface area contributed by atoms with Crippen LogP contribution >= 0.6 is 0 Å². The topological polar surface area (TPSA) is 50.5 Å². The number of benzene rings is 2. The van der Waals surface area contributed by atoms with Crippen molar-refractivity contribution < 1.29 is 12.8 Å². The first-order valence-corrected chi connectivity index (χ1v) is 10.6. The van der Waals surface area contributed by atoms with Crippen molar-refractivity contribution in [2.75, 3.05) is 19.6 Å². The summed E-state index contributed by atoms with van der Waals surface area (Å²) < 4.78 is 31.1. The summed E-state index contributed by atoms with van der Waals surface area (Å²) in [5.41, 5.74) is 3.23. The van der Waals surface area contributed by atoms with E-state index < -0.39 is 9.84 Å². The second-order valence-electron chi connectivity index (χ2n) is 7.11. The summed E-state index contributed by atoms with van der Waals surface area (Å²) in [4.78, 5) is 2.70. The lowest BCUT2D eigenvalue weighted by Crippen LogP contribution is -2.28. The van der Waals surface area contributed by atoms with E-state index >= 15 is 0 Å². The molecule has 4 nitrogen and oxygen atoms in total. The summed E-state index contributed by atoms with van der Waals surface area (Å²) in [7, 11) is -3.25. The second kappa shape index (κ2) is 6.89. The zero-order valence-corrected chi connectivity index (χ0v) is 15.7. The lowest BCUT2D eigenvalue weighted by atomic mass is 10.1. The Labute approximate surface area is 154 Å². The van der Waals surface area contributed by atoms with Crippen LogP contribution in [-0.2, 0) is 16.3 Å². The molecule has 1 unspecified atom stereocenters. The molecule has 0 spiro atoms. The van der Waals surface area contributed by atoms with Crippen molar-refractivity contribution in [3.8, 4) is 0 Å². The van der Waals surface area contributed by atoms with Gasteiger partial charge in [-0.15, -0.1) is 0 Å². The fourth-order valence-corrected chi connectivity index (χ4v) is 5.36. The molecule has 26 heavy (non-hydrogen) atoms. The molecule has 2 heterocycles. The Morgan fingerprint density at radius 1 is 1.12 bits per heavy atom. The van der Waals surface area contributed by atoms with Gasteiger partial charge in [-0.1, -0.05) is 23.8 Å². The van der Waals surface area contributed by atoms with E-state index in [9.17, 15) is 8.42 Å². The first kappa shape index (κ1) is 17.3. The predicted octanol–water partition coefficient (Wildman–Crippen LogP) is 3.83. The summed E-state index contributed by atoms with van der Waals surface area (Å²) in [6, 6.07) is 15.4. The number of furan rings is 1. The van der Waals surface area contributed by atoms with Crippen LogP contribution in [0.2, 0.25) is 0 Å². The van der Waals surface area contributed by atoms with Crippen molar-refractivity contribution >= 4 is 20.8 Å². The Hall–Kier alpha value is -2.11. The number of likely N-dealkylation sites (tertiary alicyclic amines) is 1. The molecule has 4 rings (SSSR count). The fourth-order valence-electron chi connectivity index (χ4n) is 3.63. The minimum absolute atomic E-state index is 0.304. The Kier molecular flexibility index (Phi) is 4.59. The molecule has 0 saturated carbocycles. The van der Waals surface area contributed by atoms with E-state index in [1.54, 1.807) is 18.4 Å². The van der Waals surface area contributed by atoms with E-state index in [-0.39, 0.29) is 5.25 Å². The smallest absolute Gasteiger partial charge is 0.182 e. The van der Waals surface area contributed by atoms with Gasteiger partial charge in [-0.05, 0) is 62.2 Å². The van der Waals surface area contributed by atoms with E-state index in [2.05, 4.69) is 17.0 Å². The minimum Gasteiger partial charge on any atom is -0.464 e. The average Bonchev–Trinajstić information content (AvgIpc) is 3.29. The zero-order valence-electron chi connectivity index (χ0n) is 14.9. The van der Waals surface area contributed by atoms with Crippen LogP contribution in [0.5, 0.6) is 0 Å². The highest BCUT2D eigenvalue weighted by molar-refractivity contribution is 7.92. The minimum atomic E-state index is -3.25. The van der Waals surface area contributed by atoms with E-state index in [1.165, 1.54) is 5.56 Å². The van der Waals surface area contributed by atoms with Crippen LogP contribution in [0, 0.1) is 6.92 Å². The van der Waals surface area contributed by atoms with Gasteiger partial charge in [0.1, 0.15) is 5.58 Å². The Morgan fingerprint density at radius 3 is 2.73 bits per heavy atom.